The minimum absolute atomic E-state index is 0.00735. The lowest BCUT2D eigenvalue weighted by Crippen LogP contribution is -2.10. The predicted octanol–water partition coefficient (Wildman–Crippen LogP) is 4.35. The molecule has 2 heterocycles. The number of para-hydroxylation sites is 1. The van der Waals surface area contributed by atoms with Crippen molar-refractivity contribution in [1.82, 2.24) is 14.8 Å². The van der Waals surface area contributed by atoms with Gasteiger partial charge >= 0.3 is 5.97 Å². The molecule has 7 heteroatoms. The monoisotopic (exact) mass is 397 g/mol. The fraction of sp³-hybridized carbons (Fsp3) is 0.286. The van der Waals surface area contributed by atoms with Crippen LogP contribution in [0.3, 0.4) is 0 Å². The van der Waals surface area contributed by atoms with E-state index in [1.165, 1.54) is 0 Å². The normalized spacial score (nSPS) is 13.5. The molecule has 1 aromatic carbocycles. The zero-order chi connectivity index (χ0) is 19.8. The molecule has 0 bridgehead atoms. The standard InChI is InChI=1S/C21H20ClN3O3/c1-12-18-16(9-6-10-17(18)26)23-19(12)21(27)28-11-15-13(2)24-25(20(15)22)14-7-4-3-5-8-14/h3-5,7-8,23H,6,9-11H2,1-2H3. The van der Waals surface area contributed by atoms with E-state index >= 15 is 0 Å². The van der Waals surface area contributed by atoms with Gasteiger partial charge in [0.05, 0.1) is 11.4 Å². The summed E-state index contributed by atoms with van der Waals surface area (Å²) < 4.78 is 7.12. The minimum Gasteiger partial charge on any atom is -0.456 e. The quantitative estimate of drug-likeness (QED) is 0.664. The molecule has 0 saturated carbocycles. The number of aromatic nitrogens is 3. The molecule has 1 aliphatic carbocycles. The summed E-state index contributed by atoms with van der Waals surface area (Å²) in [5, 5.41) is 4.86. The summed E-state index contributed by atoms with van der Waals surface area (Å²) in [5.74, 6) is -0.417. The van der Waals surface area contributed by atoms with Crippen molar-refractivity contribution in [2.75, 3.05) is 0 Å². The van der Waals surface area contributed by atoms with Crippen LogP contribution in [-0.2, 0) is 17.8 Å². The van der Waals surface area contributed by atoms with E-state index in [1.54, 1.807) is 11.6 Å². The molecular weight excluding hydrogens is 378 g/mol. The Morgan fingerprint density at radius 2 is 2.00 bits per heavy atom. The Balaban J connectivity index is 1.55. The molecule has 0 aliphatic heterocycles. The third-order valence-corrected chi connectivity index (χ3v) is 5.50. The molecule has 6 nitrogen and oxygen atoms in total. The lowest BCUT2D eigenvalue weighted by molar-refractivity contribution is 0.0465. The van der Waals surface area contributed by atoms with Crippen molar-refractivity contribution in [2.45, 2.75) is 39.7 Å². The Morgan fingerprint density at radius 1 is 1.25 bits per heavy atom. The van der Waals surface area contributed by atoms with Gasteiger partial charge in [0.25, 0.3) is 0 Å². The average Bonchev–Trinajstić information content (AvgIpc) is 3.18. The van der Waals surface area contributed by atoms with Crippen LogP contribution >= 0.6 is 11.6 Å². The van der Waals surface area contributed by atoms with E-state index in [2.05, 4.69) is 10.1 Å². The number of H-pyrrole nitrogens is 1. The van der Waals surface area contributed by atoms with Crippen molar-refractivity contribution < 1.29 is 14.3 Å². The van der Waals surface area contributed by atoms with Crippen molar-refractivity contribution in [3.05, 3.63) is 69.3 Å². The Labute approximate surface area is 167 Å². The highest BCUT2D eigenvalue weighted by Gasteiger charge is 2.27. The van der Waals surface area contributed by atoms with Crippen LogP contribution in [0.4, 0.5) is 0 Å². The number of fused-ring (bicyclic) bond motifs is 1. The van der Waals surface area contributed by atoms with Crippen molar-refractivity contribution in [2.24, 2.45) is 0 Å². The average molecular weight is 398 g/mol. The summed E-state index contributed by atoms with van der Waals surface area (Å²) in [4.78, 5) is 27.9. The molecule has 4 rings (SSSR count). The molecule has 0 spiro atoms. The molecule has 2 aromatic heterocycles. The minimum atomic E-state index is -0.498. The molecule has 144 valence electrons. The summed E-state index contributed by atoms with van der Waals surface area (Å²) in [7, 11) is 0. The maximum atomic E-state index is 12.6. The first-order valence-electron chi connectivity index (χ1n) is 9.18. The fourth-order valence-corrected chi connectivity index (χ4v) is 3.95. The number of ketones is 1. The molecule has 3 aromatic rings. The number of esters is 1. The van der Waals surface area contributed by atoms with Crippen LogP contribution in [0, 0.1) is 13.8 Å². The smallest absolute Gasteiger partial charge is 0.355 e. The van der Waals surface area contributed by atoms with Gasteiger partial charge in [-0.15, -0.1) is 0 Å². The number of ether oxygens (including phenoxy) is 1. The summed E-state index contributed by atoms with van der Waals surface area (Å²) in [6.45, 7) is 3.61. The molecular formula is C21H20ClN3O3. The third-order valence-electron chi connectivity index (χ3n) is 5.11. The van der Waals surface area contributed by atoms with Gasteiger partial charge in [-0.2, -0.15) is 5.10 Å². The van der Waals surface area contributed by atoms with Gasteiger partial charge in [0.1, 0.15) is 17.5 Å². The van der Waals surface area contributed by atoms with Gasteiger partial charge in [-0.05, 0) is 44.4 Å². The van der Waals surface area contributed by atoms with E-state index in [-0.39, 0.29) is 12.4 Å². The summed E-state index contributed by atoms with van der Waals surface area (Å²) >= 11 is 6.48. The Morgan fingerprint density at radius 3 is 2.71 bits per heavy atom. The Bertz CT molecular complexity index is 1070. The van der Waals surface area contributed by atoms with Crippen LogP contribution in [0.1, 0.15) is 56.2 Å². The zero-order valence-corrected chi connectivity index (χ0v) is 16.5. The first kappa shape index (κ1) is 18.5. The highest BCUT2D eigenvalue weighted by Crippen LogP contribution is 2.28. The van der Waals surface area contributed by atoms with Gasteiger partial charge in [-0.25, -0.2) is 9.48 Å². The number of nitrogens with zero attached hydrogens (tertiary/aromatic N) is 2. The Hall–Kier alpha value is -2.86. The van der Waals surface area contributed by atoms with Crippen molar-refractivity contribution in [1.29, 1.82) is 0 Å². The SMILES string of the molecule is Cc1nn(-c2ccccc2)c(Cl)c1COC(=O)c1[nH]c2c(c1C)C(=O)CCC2. The topological polar surface area (TPSA) is 77.0 Å². The molecule has 28 heavy (non-hydrogen) atoms. The molecule has 0 saturated heterocycles. The number of carbonyl (C=O) groups excluding carboxylic acids is 2. The molecule has 1 aliphatic rings. The highest BCUT2D eigenvalue weighted by molar-refractivity contribution is 6.30. The number of nitrogens with one attached hydrogen (secondary N) is 1. The molecule has 0 unspecified atom stereocenters. The maximum Gasteiger partial charge on any atom is 0.355 e. The fourth-order valence-electron chi connectivity index (χ4n) is 3.62. The number of aromatic amines is 1. The van der Waals surface area contributed by atoms with Crippen molar-refractivity contribution in [3.63, 3.8) is 0 Å². The van der Waals surface area contributed by atoms with E-state index in [0.29, 0.717) is 39.7 Å². The van der Waals surface area contributed by atoms with Crippen molar-refractivity contribution >= 4 is 23.4 Å². The van der Waals surface area contributed by atoms with E-state index in [1.807, 2.05) is 37.3 Å². The zero-order valence-electron chi connectivity index (χ0n) is 15.7. The molecule has 0 amide bonds. The first-order valence-corrected chi connectivity index (χ1v) is 9.56. The van der Waals surface area contributed by atoms with Gasteiger partial charge in [-0.3, -0.25) is 4.79 Å². The van der Waals surface area contributed by atoms with Crippen LogP contribution < -0.4 is 0 Å². The number of hydrogen-bond donors (Lipinski definition) is 1. The van der Waals surface area contributed by atoms with Crippen LogP contribution in [0.5, 0.6) is 0 Å². The second-order valence-corrected chi connectivity index (χ2v) is 7.29. The number of halogens is 1. The predicted molar refractivity (Wildman–Crippen MR) is 105 cm³/mol. The van der Waals surface area contributed by atoms with Gasteiger partial charge < -0.3 is 9.72 Å². The highest BCUT2D eigenvalue weighted by atomic mass is 35.5. The second-order valence-electron chi connectivity index (χ2n) is 6.93. The Kier molecular flexibility index (Phi) is 4.81. The van der Waals surface area contributed by atoms with Gasteiger partial charge in [0.15, 0.2) is 5.78 Å². The van der Waals surface area contributed by atoms with E-state index in [4.69, 9.17) is 16.3 Å². The lowest BCUT2D eigenvalue weighted by atomic mass is 9.94. The van der Waals surface area contributed by atoms with Gasteiger partial charge in [0.2, 0.25) is 0 Å². The van der Waals surface area contributed by atoms with Crippen molar-refractivity contribution in [3.8, 4) is 5.69 Å². The number of carbonyl (C=O) groups is 2. The molecule has 0 radical (unpaired) electrons. The number of rotatable bonds is 4. The second kappa shape index (κ2) is 7.28. The number of aryl methyl sites for hydroxylation is 2. The molecule has 0 fully saturated rings. The molecule has 1 N–H and O–H groups in total. The van der Waals surface area contributed by atoms with Crippen LogP contribution in [0.15, 0.2) is 30.3 Å². The summed E-state index contributed by atoms with van der Waals surface area (Å²) in [6.07, 6.45) is 2.09. The summed E-state index contributed by atoms with van der Waals surface area (Å²) in [6, 6.07) is 9.52. The lowest BCUT2D eigenvalue weighted by Gasteiger charge is -2.09. The van der Waals surface area contributed by atoms with Crippen LogP contribution in [-0.4, -0.2) is 26.5 Å². The van der Waals surface area contributed by atoms with E-state index in [0.717, 1.165) is 24.2 Å². The number of benzene rings is 1. The number of Topliss-reactive ketones (excluding diaryl/α,β-unsaturated/α-hetero) is 1. The third kappa shape index (κ3) is 3.14. The maximum absolute atomic E-state index is 12.6. The van der Waals surface area contributed by atoms with E-state index < -0.39 is 5.97 Å². The number of hydrogen-bond acceptors (Lipinski definition) is 4. The van der Waals surface area contributed by atoms with Crippen LogP contribution in [0.2, 0.25) is 5.15 Å². The first-order chi connectivity index (χ1) is 13.5. The largest absolute Gasteiger partial charge is 0.456 e. The van der Waals surface area contributed by atoms with E-state index in [9.17, 15) is 9.59 Å². The summed E-state index contributed by atoms with van der Waals surface area (Å²) in [5.41, 5.74) is 4.65. The van der Waals surface area contributed by atoms with Crippen LogP contribution in [0.25, 0.3) is 5.69 Å². The molecule has 0 atom stereocenters. The van der Waals surface area contributed by atoms with Gasteiger partial charge in [0, 0.05) is 23.2 Å². The van der Waals surface area contributed by atoms with Gasteiger partial charge in [-0.1, -0.05) is 29.8 Å².